The van der Waals surface area contributed by atoms with Crippen molar-refractivity contribution < 1.29 is 14.3 Å². The third-order valence-electron chi connectivity index (χ3n) is 12.7. The van der Waals surface area contributed by atoms with Gasteiger partial charge in [0.1, 0.15) is 0 Å². The predicted molar refractivity (Wildman–Crippen MR) is 146 cm³/mol. The Hall–Kier alpha value is -0.570. The molecule has 1 heterocycles. The quantitative estimate of drug-likeness (QED) is 0.330. The lowest BCUT2D eigenvalue weighted by atomic mass is 9.43. The predicted octanol–water partition coefficient (Wildman–Crippen LogP) is 8.30. The summed E-state index contributed by atoms with van der Waals surface area (Å²) >= 11 is 0. The maximum atomic E-state index is 11.4. The first kappa shape index (κ1) is 27.0. The molecule has 0 radical (unpaired) electrons. The Bertz CT molecular complexity index is 777. The Labute approximate surface area is 222 Å². The van der Waals surface area contributed by atoms with Crippen molar-refractivity contribution >= 4 is 5.97 Å². The van der Waals surface area contributed by atoms with E-state index < -0.39 is 0 Å². The molecule has 3 nitrogen and oxygen atoms in total. The summed E-state index contributed by atoms with van der Waals surface area (Å²) in [5, 5.41) is 0. The summed E-state index contributed by atoms with van der Waals surface area (Å²) in [6, 6.07) is 0. The van der Waals surface area contributed by atoms with Gasteiger partial charge in [0, 0.05) is 12.8 Å². The second kappa shape index (κ2) is 10.5. The number of rotatable bonds is 7. The third kappa shape index (κ3) is 4.93. The smallest absolute Gasteiger partial charge is 0.302 e. The van der Waals surface area contributed by atoms with E-state index in [2.05, 4.69) is 34.6 Å². The van der Waals surface area contributed by atoms with E-state index in [9.17, 15) is 4.79 Å². The minimum Gasteiger partial charge on any atom is -0.465 e. The fourth-order valence-electron chi connectivity index (χ4n) is 11.0. The molecule has 3 heteroatoms. The van der Waals surface area contributed by atoms with E-state index in [1.54, 1.807) is 0 Å². The highest BCUT2D eigenvalue weighted by molar-refractivity contribution is 5.65. The Morgan fingerprint density at radius 1 is 0.972 bits per heavy atom. The van der Waals surface area contributed by atoms with Gasteiger partial charge in [-0.15, -0.1) is 0 Å². The van der Waals surface area contributed by atoms with Crippen LogP contribution in [0.25, 0.3) is 0 Å². The highest BCUT2D eigenvalue weighted by Gasteiger charge is 2.61. The van der Waals surface area contributed by atoms with Crippen molar-refractivity contribution in [3.05, 3.63) is 0 Å². The summed E-state index contributed by atoms with van der Waals surface area (Å²) < 4.78 is 11.8. The second-order valence-electron chi connectivity index (χ2n) is 15.2. The van der Waals surface area contributed by atoms with Crippen molar-refractivity contribution in [1.29, 1.82) is 0 Å². The summed E-state index contributed by atoms with van der Waals surface area (Å²) in [6.07, 6.45) is 17.4. The summed E-state index contributed by atoms with van der Waals surface area (Å²) in [4.78, 5) is 11.4. The van der Waals surface area contributed by atoms with Crippen molar-refractivity contribution in [2.45, 2.75) is 125 Å². The zero-order chi connectivity index (χ0) is 25.7. The maximum Gasteiger partial charge on any atom is 0.302 e. The van der Waals surface area contributed by atoms with Gasteiger partial charge < -0.3 is 9.47 Å². The Morgan fingerprint density at radius 2 is 1.75 bits per heavy atom. The van der Waals surface area contributed by atoms with Crippen LogP contribution in [0.1, 0.15) is 119 Å². The van der Waals surface area contributed by atoms with Crippen LogP contribution in [0.15, 0.2) is 0 Å². The Balaban J connectivity index is 1.26. The molecule has 36 heavy (non-hydrogen) atoms. The molecule has 0 aromatic heterocycles. The van der Waals surface area contributed by atoms with Gasteiger partial charge in [0.2, 0.25) is 0 Å². The van der Waals surface area contributed by atoms with E-state index >= 15 is 0 Å². The van der Waals surface area contributed by atoms with Crippen molar-refractivity contribution in [1.82, 2.24) is 0 Å². The molecule has 0 bridgehead atoms. The van der Waals surface area contributed by atoms with E-state index in [4.69, 9.17) is 9.47 Å². The van der Waals surface area contributed by atoms with Crippen molar-refractivity contribution in [3.8, 4) is 0 Å². The zero-order valence-corrected chi connectivity index (χ0v) is 24.4. The topological polar surface area (TPSA) is 35.5 Å². The lowest BCUT2D eigenvalue weighted by Gasteiger charge is -2.63. The molecule has 5 aliphatic rings. The van der Waals surface area contributed by atoms with Crippen LogP contribution in [-0.2, 0) is 14.3 Å². The number of ether oxygens (including phenoxy) is 2. The number of carbonyl (C=O) groups excluding carboxylic acids is 1. The van der Waals surface area contributed by atoms with Gasteiger partial charge in [0.15, 0.2) is 0 Å². The minimum absolute atomic E-state index is 0.155. The highest BCUT2D eigenvalue weighted by Crippen LogP contribution is 2.69. The van der Waals surface area contributed by atoms with Crippen LogP contribution in [0.3, 0.4) is 0 Å². The van der Waals surface area contributed by atoms with Crippen LogP contribution in [0.4, 0.5) is 0 Å². The average Bonchev–Trinajstić information content (AvgIpc) is 3.18. The second-order valence-corrected chi connectivity index (χ2v) is 15.2. The van der Waals surface area contributed by atoms with Gasteiger partial charge >= 0.3 is 5.97 Å². The normalized spacial score (nSPS) is 46.9. The van der Waals surface area contributed by atoms with Gasteiger partial charge in [-0.3, -0.25) is 4.79 Å². The molecule has 0 unspecified atom stereocenters. The Kier molecular flexibility index (Phi) is 7.91. The lowest BCUT2D eigenvalue weighted by Crippen LogP contribution is -2.57. The van der Waals surface area contributed by atoms with Crippen LogP contribution in [0, 0.1) is 64.1 Å². The van der Waals surface area contributed by atoms with Crippen LogP contribution in [0.2, 0.25) is 0 Å². The van der Waals surface area contributed by atoms with Gasteiger partial charge in [0.25, 0.3) is 0 Å². The van der Waals surface area contributed by atoms with Crippen LogP contribution < -0.4 is 0 Å². The zero-order valence-electron chi connectivity index (χ0n) is 24.4. The molecule has 11 atom stereocenters. The molecule has 0 aromatic rings. The molecule has 1 saturated heterocycles. The number of carbonyl (C=O) groups is 1. The van der Waals surface area contributed by atoms with Crippen LogP contribution in [-0.4, -0.2) is 25.3 Å². The first-order valence-electron chi connectivity index (χ1n) is 15.9. The standard InChI is InChI=1S/C33H56O3/c1-21(2)8-7-9-22(3)28-12-13-29-27-11-10-26-17-31-25(16-24(20-36-31)19-35-23(4)34)18-33(26,6)30(27)14-15-32(28,29)5/h21-22,24-31H,7-20H2,1-6H3/t22-,24+,25-,26+,27+,28-,29+,30+,31-,32-,33+/m1/s1. The first-order valence-corrected chi connectivity index (χ1v) is 15.9. The molecular formula is C33H56O3. The van der Waals surface area contributed by atoms with Gasteiger partial charge in [-0.1, -0.05) is 53.9 Å². The molecule has 5 rings (SSSR count). The molecule has 4 saturated carbocycles. The van der Waals surface area contributed by atoms with E-state index in [1.165, 1.54) is 84.0 Å². The Morgan fingerprint density at radius 3 is 2.50 bits per heavy atom. The molecule has 4 aliphatic carbocycles. The van der Waals surface area contributed by atoms with E-state index in [0.29, 0.717) is 35.4 Å². The average molecular weight is 501 g/mol. The van der Waals surface area contributed by atoms with Crippen molar-refractivity contribution in [3.63, 3.8) is 0 Å². The fraction of sp³-hybridized carbons (Fsp3) is 0.970. The van der Waals surface area contributed by atoms with E-state index in [0.717, 1.165) is 48.0 Å². The summed E-state index contributed by atoms with van der Waals surface area (Å²) in [5.41, 5.74) is 1.07. The maximum absolute atomic E-state index is 11.4. The number of fused-ring (bicyclic) bond motifs is 6. The van der Waals surface area contributed by atoms with Gasteiger partial charge in [-0.2, -0.15) is 0 Å². The van der Waals surface area contributed by atoms with Crippen molar-refractivity contribution in [2.75, 3.05) is 13.2 Å². The SMILES string of the molecule is CC(=O)OC[C@H]1CO[C@@H]2C[C@@H]3CC[C@@H]4[C@H](CC[C@]5(C)[C@@H]([C@H](C)CCCC(C)C)CC[C@@H]45)[C@@]3(C)C[C@H]2C1. The molecule has 206 valence electrons. The number of esters is 1. The highest BCUT2D eigenvalue weighted by atomic mass is 16.5. The molecular weight excluding hydrogens is 444 g/mol. The molecule has 1 aliphatic heterocycles. The summed E-state index contributed by atoms with van der Waals surface area (Å²) in [5.74, 6) is 7.26. The van der Waals surface area contributed by atoms with Gasteiger partial charge in [-0.05, 0) is 116 Å². The summed E-state index contributed by atoms with van der Waals surface area (Å²) in [6.45, 7) is 15.6. The lowest BCUT2D eigenvalue weighted by molar-refractivity contribution is -0.179. The molecule has 5 fully saturated rings. The largest absolute Gasteiger partial charge is 0.465 e. The molecule has 0 spiro atoms. The van der Waals surface area contributed by atoms with E-state index in [-0.39, 0.29) is 5.97 Å². The van der Waals surface area contributed by atoms with Gasteiger partial charge in [0.05, 0.1) is 19.3 Å². The first-order chi connectivity index (χ1) is 17.1. The van der Waals surface area contributed by atoms with Crippen LogP contribution in [0.5, 0.6) is 0 Å². The molecule has 0 amide bonds. The van der Waals surface area contributed by atoms with Gasteiger partial charge in [-0.25, -0.2) is 0 Å². The monoisotopic (exact) mass is 500 g/mol. The molecule has 0 aromatic carbocycles. The minimum atomic E-state index is -0.155. The van der Waals surface area contributed by atoms with E-state index in [1.807, 2.05) is 0 Å². The fourth-order valence-corrected chi connectivity index (χ4v) is 11.0. The molecule has 0 N–H and O–H groups in total. The van der Waals surface area contributed by atoms with Crippen LogP contribution >= 0.6 is 0 Å². The number of hydrogen-bond acceptors (Lipinski definition) is 3. The van der Waals surface area contributed by atoms with Crippen molar-refractivity contribution in [2.24, 2.45) is 64.1 Å². The summed E-state index contributed by atoms with van der Waals surface area (Å²) in [7, 11) is 0. The third-order valence-corrected chi connectivity index (χ3v) is 12.7. The number of hydrogen-bond donors (Lipinski definition) is 0.